The van der Waals surface area contributed by atoms with Gasteiger partial charge in [-0.1, -0.05) is 18.2 Å². The highest BCUT2D eigenvalue weighted by molar-refractivity contribution is 5.62. The van der Waals surface area contributed by atoms with E-state index in [9.17, 15) is 0 Å². The van der Waals surface area contributed by atoms with E-state index in [4.69, 9.17) is 20.1 Å². The van der Waals surface area contributed by atoms with Crippen LogP contribution in [0.25, 0.3) is 0 Å². The second-order valence-electron chi connectivity index (χ2n) is 6.80. The summed E-state index contributed by atoms with van der Waals surface area (Å²) in [7, 11) is 1.62. The Morgan fingerprint density at radius 2 is 2.45 bits per heavy atom. The molecular formula is C18H21NO3. The first-order chi connectivity index (χ1) is 12.4. The van der Waals surface area contributed by atoms with E-state index in [0.717, 1.165) is 16.9 Å². The molecule has 4 aliphatic rings. The molecule has 1 saturated heterocycles. The van der Waals surface area contributed by atoms with Crippen LogP contribution < -0.4 is 9.47 Å². The van der Waals surface area contributed by atoms with Gasteiger partial charge in [-0.25, -0.2) is 0 Å². The quantitative estimate of drug-likeness (QED) is 0.841. The maximum absolute atomic E-state index is 7.97. The Balaban J connectivity index is 1.75. The highest BCUT2D eigenvalue weighted by atomic mass is 16.5. The molecule has 1 spiro atoms. The van der Waals surface area contributed by atoms with Crippen molar-refractivity contribution in [3.8, 4) is 11.5 Å². The van der Waals surface area contributed by atoms with E-state index in [1.807, 2.05) is 18.2 Å². The number of aliphatic hydroxyl groups is 1. The van der Waals surface area contributed by atoms with Crippen LogP contribution in [0.3, 0.4) is 0 Å². The maximum Gasteiger partial charge on any atom is 0.211 e. The first-order valence-electron chi connectivity index (χ1n) is 9.76. The molecule has 5 rings (SSSR count). The minimum atomic E-state index is -2.12. The third-order valence-corrected chi connectivity index (χ3v) is 6.06. The summed E-state index contributed by atoms with van der Waals surface area (Å²) in [4.78, 5) is 1.66. The Kier molecular flexibility index (Phi) is 1.77. The highest BCUT2D eigenvalue weighted by Gasteiger charge is 2.64. The molecule has 2 heterocycles. The fourth-order valence-corrected chi connectivity index (χ4v) is 5.19. The standard InChI is InChI=1S/C18H21NO3/c1-19-8-7-18-11-4-5-13(20)17(18)22-16-14(21-2)6-3-10(15(16)18)9-12(11)19/h3-6,11-13,17,20H,7-9H2,1-2H3/t11-,12+,13?,17?,18-/m0/s1/i1D3,20D. The summed E-state index contributed by atoms with van der Waals surface area (Å²) in [5.74, 6) is 1.45. The lowest BCUT2D eigenvalue weighted by Gasteiger charge is -2.56. The van der Waals surface area contributed by atoms with Crippen molar-refractivity contribution in [2.45, 2.75) is 36.5 Å². The molecule has 0 amide bonds. The SMILES string of the molecule is [2H]OC1C=C[C@H]2[C@H]3Cc4ccc(OC)c5c4[C@@]2(CCN3C([2H])([2H])[2H])C1O5. The zero-order valence-corrected chi connectivity index (χ0v) is 12.4. The van der Waals surface area contributed by atoms with Crippen LogP contribution in [0.5, 0.6) is 11.5 Å². The van der Waals surface area contributed by atoms with E-state index in [0.29, 0.717) is 25.1 Å². The predicted molar refractivity (Wildman–Crippen MR) is 82.5 cm³/mol. The van der Waals surface area contributed by atoms with Gasteiger partial charge in [0.2, 0.25) is 1.43 Å². The number of hydrogen-bond acceptors (Lipinski definition) is 4. The Morgan fingerprint density at radius 3 is 3.27 bits per heavy atom. The average molecular weight is 303 g/mol. The van der Waals surface area contributed by atoms with Crippen LogP contribution in [-0.2, 0) is 11.8 Å². The van der Waals surface area contributed by atoms with Gasteiger partial charge in [0.1, 0.15) is 12.2 Å². The van der Waals surface area contributed by atoms with E-state index in [-0.39, 0.29) is 23.5 Å². The molecule has 1 fully saturated rings. The van der Waals surface area contributed by atoms with Gasteiger partial charge in [0.05, 0.1) is 7.11 Å². The van der Waals surface area contributed by atoms with Crippen LogP contribution in [0.15, 0.2) is 24.3 Å². The van der Waals surface area contributed by atoms with Crippen molar-refractivity contribution in [1.29, 1.82) is 1.43 Å². The lowest BCUT2D eigenvalue weighted by Crippen LogP contribution is -2.64. The van der Waals surface area contributed by atoms with Gasteiger partial charge < -0.3 is 19.5 Å². The highest BCUT2D eigenvalue weighted by Crippen LogP contribution is 2.62. The smallest absolute Gasteiger partial charge is 0.211 e. The second kappa shape index (κ2) is 4.06. The maximum atomic E-state index is 7.97. The normalized spacial score (nSPS) is 44.2. The molecule has 0 saturated carbocycles. The molecule has 1 aromatic carbocycles. The third kappa shape index (κ3) is 1.28. The Bertz CT molecular complexity index is 795. The number of likely N-dealkylation sites (tertiary alicyclic amines) is 1. The molecule has 22 heavy (non-hydrogen) atoms. The van der Waals surface area contributed by atoms with Gasteiger partial charge in [-0.2, -0.15) is 0 Å². The summed E-state index contributed by atoms with van der Waals surface area (Å²) in [6, 6.07) is 3.81. The lowest BCUT2D eigenvalue weighted by molar-refractivity contribution is -0.0453. The van der Waals surface area contributed by atoms with E-state index >= 15 is 0 Å². The van der Waals surface area contributed by atoms with E-state index in [1.165, 1.54) is 0 Å². The van der Waals surface area contributed by atoms with Crippen LogP contribution in [0.1, 0.15) is 21.7 Å². The molecule has 1 aromatic rings. The number of benzene rings is 1. The average Bonchev–Trinajstić information content (AvgIpc) is 2.94. The van der Waals surface area contributed by atoms with Gasteiger partial charge >= 0.3 is 0 Å². The van der Waals surface area contributed by atoms with Crippen LogP contribution in [0, 0.1) is 5.92 Å². The number of likely N-dealkylation sites (N-methyl/N-ethyl adjacent to an activating group) is 1. The van der Waals surface area contributed by atoms with Crippen molar-refractivity contribution in [1.82, 2.24) is 4.90 Å². The molecule has 0 aromatic heterocycles. The van der Waals surface area contributed by atoms with Gasteiger partial charge in [0.15, 0.2) is 11.5 Å². The van der Waals surface area contributed by atoms with Crippen molar-refractivity contribution >= 4 is 0 Å². The molecule has 116 valence electrons. The first kappa shape index (κ1) is 9.58. The molecule has 2 unspecified atom stereocenters. The largest absolute Gasteiger partial charge is 0.493 e. The second-order valence-corrected chi connectivity index (χ2v) is 6.80. The Labute approximate surface area is 136 Å². The summed E-state index contributed by atoms with van der Waals surface area (Å²) in [5, 5.41) is 4.98. The number of hydrogen-bond donors (Lipinski definition) is 1. The minimum Gasteiger partial charge on any atom is -0.493 e. The van der Waals surface area contributed by atoms with E-state index < -0.39 is 13.1 Å². The molecule has 2 bridgehead atoms. The number of methoxy groups -OCH3 is 1. The first-order valence-corrected chi connectivity index (χ1v) is 7.86. The van der Waals surface area contributed by atoms with Crippen molar-refractivity contribution in [3.05, 3.63) is 35.4 Å². The topological polar surface area (TPSA) is 41.9 Å². The number of piperidine rings is 1. The van der Waals surface area contributed by atoms with Gasteiger partial charge in [-0.15, -0.1) is 0 Å². The fourth-order valence-electron chi connectivity index (χ4n) is 5.19. The molecule has 4 heteroatoms. The zero-order chi connectivity index (χ0) is 18.3. The summed E-state index contributed by atoms with van der Waals surface area (Å²) >= 11 is 0. The van der Waals surface area contributed by atoms with Crippen molar-refractivity contribution < 1.29 is 18.7 Å². The molecule has 1 N–H and O–H groups in total. The van der Waals surface area contributed by atoms with Gasteiger partial charge in [0, 0.05) is 27.1 Å². The van der Waals surface area contributed by atoms with Gasteiger partial charge in [0.25, 0.3) is 0 Å². The summed E-state index contributed by atoms with van der Waals surface area (Å²) in [6.45, 7) is -1.64. The number of rotatable bonds is 2. The number of nitrogens with zero attached hydrogens (tertiary/aromatic N) is 1. The van der Waals surface area contributed by atoms with Crippen molar-refractivity contribution in [2.24, 2.45) is 5.92 Å². The predicted octanol–water partition coefficient (Wildman–Crippen LogP) is 1.50. The zero-order valence-electron chi connectivity index (χ0n) is 16.4. The van der Waals surface area contributed by atoms with Gasteiger partial charge in [-0.05, 0) is 38.0 Å². The summed E-state index contributed by atoms with van der Waals surface area (Å²) in [6.07, 6.45) is 4.44. The summed E-state index contributed by atoms with van der Waals surface area (Å²) < 4.78 is 43.3. The van der Waals surface area contributed by atoms with Crippen molar-refractivity contribution in [2.75, 3.05) is 20.6 Å². The Hall–Kier alpha value is -1.52. The summed E-state index contributed by atoms with van der Waals surface area (Å²) in [5.41, 5.74) is 1.90. The molecule has 2 aliphatic carbocycles. The van der Waals surface area contributed by atoms with Crippen LogP contribution in [0.2, 0.25) is 0 Å². The fraction of sp³-hybridized carbons (Fsp3) is 0.556. The Morgan fingerprint density at radius 1 is 1.50 bits per heavy atom. The number of ether oxygens (including phenoxy) is 2. The van der Waals surface area contributed by atoms with E-state index in [2.05, 4.69) is 6.08 Å². The third-order valence-electron chi connectivity index (χ3n) is 6.06. The van der Waals surface area contributed by atoms with Crippen LogP contribution >= 0.6 is 0 Å². The van der Waals surface area contributed by atoms with E-state index in [1.54, 1.807) is 12.0 Å². The molecule has 0 radical (unpaired) electrons. The van der Waals surface area contributed by atoms with Crippen molar-refractivity contribution in [3.63, 3.8) is 0 Å². The number of aliphatic hydroxyl groups excluding tert-OH is 1. The molecule has 5 atom stereocenters. The van der Waals surface area contributed by atoms with Crippen LogP contribution in [0.4, 0.5) is 0 Å². The van der Waals surface area contributed by atoms with Crippen LogP contribution in [-0.4, -0.2) is 50.3 Å². The van der Waals surface area contributed by atoms with Gasteiger partial charge in [-0.3, -0.25) is 0 Å². The molecular weight excluding hydrogens is 278 g/mol. The lowest BCUT2D eigenvalue weighted by atomic mass is 9.53. The minimum absolute atomic E-state index is 0.0222. The molecule has 4 nitrogen and oxygen atoms in total. The monoisotopic (exact) mass is 303 g/mol. The molecule has 2 aliphatic heterocycles.